The summed E-state index contributed by atoms with van der Waals surface area (Å²) in [5.41, 5.74) is 17.2. The lowest BCUT2D eigenvalue weighted by molar-refractivity contribution is -0.142. The van der Waals surface area contributed by atoms with E-state index < -0.39 is 47.9 Å². The smallest absolute Gasteiger partial charge is 0.326 e. The van der Waals surface area contributed by atoms with E-state index in [1.807, 2.05) is 0 Å². The van der Waals surface area contributed by atoms with Crippen molar-refractivity contribution >= 4 is 29.7 Å². The predicted molar refractivity (Wildman–Crippen MR) is 143 cm³/mol. The zero-order chi connectivity index (χ0) is 29.0. The van der Waals surface area contributed by atoms with Gasteiger partial charge in [-0.3, -0.25) is 19.4 Å². The Hall–Kier alpha value is -3.87. The van der Waals surface area contributed by atoms with Gasteiger partial charge in [-0.25, -0.2) is 4.79 Å². The number of amides is 3. The van der Waals surface area contributed by atoms with Gasteiger partial charge in [0.1, 0.15) is 23.9 Å². The lowest BCUT2D eigenvalue weighted by atomic mass is 9.99. The van der Waals surface area contributed by atoms with Crippen molar-refractivity contribution in [3.05, 3.63) is 29.8 Å². The number of hydrogen-bond acceptors (Lipinski definition) is 7. The van der Waals surface area contributed by atoms with Gasteiger partial charge in [-0.05, 0) is 42.4 Å². The van der Waals surface area contributed by atoms with Gasteiger partial charge < -0.3 is 43.4 Å². The van der Waals surface area contributed by atoms with Gasteiger partial charge >= 0.3 is 5.97 Å². The summed E-state index contributed by atoms with van der Waals surface area (Å²) in [6.45, 7) is 7.21. The second-order valence-electron chi connectivity index (χ2n) is 9.78. The molecule has 13 nitrogen and oxygen atoms in total. The van der Waals surface area contributed by atoms with Crippen molar-refractivity contribution in [3.8, 4) is 5.75 Å². The van der Waals surface area contributed by atoms with Crippen LogP contribution in [0.2, 0.25) is 0 Å². The van der Waals surface area contributed by atoms with Crippen molar-refractivity contribution in [2.75, 3.05) is 6.54 Å². The highest BCUT2D eigenvalue weighted by Crippen LogP contribution is 2.12. The Labute approximate surface area is 222 Å². The van der Waals surface area contributed by atoms with E-state index in [9.17, 15) is 29.4 Å². The molecule has 11 N–H and O–H groups in total. The van der Waals surface area contributed by atoms with E-state index in [1.165, 1.54) is 12.1 Å². The third-order valence-corrected chi connectivity index (χ3v) is 5.84. The Balaban J connectivity index is 3.07. The first kappa shape index (κ1) is 32.2. The molecule has 1 aromatic carbocycles. The van der Waals surface area contributed by atoms with E-state index in [-0.39, 0.29) is 42.9 Å². The summed E-state index contributed by atoms with van der Waals surface area (Å²) in [4.78, 5) is 54.5. The minimum atomic E-state index is -1.30. The number of carbonyl (C=O) groups excluding carboxylic acids is 3. The number of benzene rings is 1. The molecule has 4 unspecified atom stereocenters. The molecule has 0 aliphatic rings. The van der Waals surface area contributed by atoms with Crippen molar-refractivity contribution in [2.24, 2.45) is 34.0 Å². The first-order chi connectivity index (χ1) is 17.7. The summed E-state index contributed by atoms with van der Waals surface area (Å²) in [6, 6.07) is 1.69. The number of rotatable bonds is 15. The number of carbonyl (C=O) groups is 4. The molecule has 212 valence electrons. The van der Waals surface area contributed by atoms with Crippen molar-refractivity contribution in [1.82, 2.24) is 16.0 Å². The van der Waals surface area contributed by atoms with Crippen molar-refractivity contribution in [2.45, 2.75) is 71.1 Å². The van der Waals surface area contributed by atoms with Crippen LogP contribution in [0, 0.1) is 11.8 Å². The van der Waals surface area contributed by atoms with Crippen LogP contribution in [-0.4, -0.2) is 70.6 Å². The molecule has 3 amide bonds. The highest BCUT2D eigenvalue weighted by atomic mass is 16.4. The number of phenols is 1. The van der Waals surface area contributed by atoms with Crippen LogP contribution in [0.5, 0.6) is 5.75 Å². The summed E-state index contributed by atoms with van der Waals surface area (Å²) >= 11 is 0. The minimum Gasteiger partial charge on any atom is -0.508 e. The van der Waals surface area contributed by atoms with Crippen molar-refractivity contribution in [1.29, 1.82) is 0 Å². The molecule has 13 heteroatoms. The Kier molecular flexibility index (Phi) is 13.0. The van der Waals surface area contributed by atoms with Crippen LogP contribution in [0.4, 0.5) is 0 Å². The maximum Gasteiger partial charge on any atom is 0.326 e. The number of carboxylic acids is 1. The number of aromatic hydroxyl groups is 1. The lowest BCUT2D eigenvalue weighted by Gasteiger charge is -2.27. The summed E-state index contributed by atoms with van der Waals surface area (Å²) in [5, 5.41) is 26.9. The van der Waals surface area contributed by atoms with Gasteiger partial charge in [0.05, 0.1) is 6.04 Å². The quantitative estimate of drug-likeness (QED) is 0.0793. The van der Waals surface area contributed by atoms with Gasteiger partial charge in [-0.15, -0.1) is 0 Å². The third-order valence-electron chi connectivity index (χ3n) is 5.84. The van der Waals surface area contributed by atoms with Gasteiger partial charge in [0, 0.05) is 13.0 Å². The fourth-order valence-corrected chi connectivity index (χ4v) is 3.46. The molecule has 0 aliphatic carbocycles. The number of hydrogen-bond donors (Lipinski definition) is 8. The molecule has 0 spiro atoms. The van der Waals surface area contributed by atoms with E-state index in [0.29, 0.717) is 12.0 Å². The Morgan fingerprint density at radius 3 is 1.95 bits per heavy atom. The van der Waals surface area contributed by atoms with Gasteiger partial charge in [-0.2, -0.15) is 0 Å². The zero-order valence-electron chi connectivity index (χ0n) is 22.3. The molecule has 1 aromatic rings. The molecule has 1 rings (SSSR count). The molecular formula is C25H41N7O6. The number of aliphatic imine (C=N–C) groups is 1. The third kappa shape index (κ3) is 11.0. The van der Waals surface area contributed by atoms with E-state index in [0.717, 1.165) is 0 Å². The Morgan fingerprint density at radius 2 is 1.45 bits per heavy atom. The van der Waals surface area contributed by atoms with Crippen LogP contribution in [0.15, 0.2) is 29.3 Å². The average Bonchev–Trinajstić information content (AvgIpc) is 2.83. The van der Waals surface area contributed by atoms with Gasteiger partial charge in [0.2, 0.25) is 17.7 Å². The molecule has 0 aliphatic heterocycles. The summed E-state index contributed by atoms with van der Waals surface area (Å²) < 4.78 is 0. The SMILES string of the molecule is CC(C)C(N)C(=O)NC(C(=O)NC(CCCN=C(N)N)C(=O)NC(Cc1ccc(O)cc1)C(=O)O)C(C)C. The van der Waals surface area contributed by atoms with Crippen LogP contribution >= 0.6 is 0 Å². The average molecular weight is 536 g/mol. The predicted octanol–water partition coefficient (Wildman–Crippen LogP) is -0.833. The number of phenolic OH excluding ortho intramolecular Hbond substituents is 1. The molecule has 0 saturated carbocycles. The monoisotopic (exact) mass is 535 g/mol. The first-order valence-corrected chi connectivity index (χ1v) is 12.5. The molecule has 0 heterocycles. The Morgan fingerprint density at radius 1 is 0.868 bits per heavy atom. The van der Waals surface area contributed by atoms with E-state index in [1.54, 1.807) is 39.8 Å². The van der Waals surface area contributed by atoms with Crippen LogP contribution in [0.1, 0.15) is 46.1 Å². The number of carboxylic acid groups (broad SMARTS) is 1. The van der Waals surface area contributed by atoms with E-state index >= 15 is 0 Å². The number of aliphatic carboxylic acids is 1. The summed E-state index contributed by atoms with van der Waals surface area (Å²) in [7, 11) is 0. The standard InChI is InChI=1S/C25H41N7O6/c1-13(2)19(26)22(35)32-20(14(3)4)23(36)30-17(6-5-11-29-25(27)28)21(34)31-18(24(37)38)12-15-7-9-16(33)10-8-15/h7-10,13-14,17-20,33H,5-6,11-12,26H2,1-4H3,(H,30,36)(H,31,34)(H,32,35)(H,37,38)(H4,27,28,29). The van der Waals surface area contributed by atoms with Crippen LogP contribution in [0.25, 0.3) is 0 Å². The van der Waals surface area contributed by atoms with E-state index in [2.05, 4.69) is 20.9 Å². The fraction of sp³-hybridized carbons (Fsp3) is 0.560. The Bertz CT molecular complexity index is 977. The maximum absolute atomic E-state index is 13.2. The topological polar surface area (TPSA) is 235 Å². The first-order valence-electron chi connectivity index (χ1n) is 12.5. The van der Waals surface area contributed by atoms with Crippen LogP contribution < -0.4 is 33.2 Å². The molecule has 4 atom stereocenters. The fourth-order valence-electron chi connectivity index (χ4n) is 3.46. The van der Waals surface area contributed by atoms with Gasteiger partial charge in [0.25, 0.3) is 0 Å². The second kappa shape index (κ2) is 15.4. The number of nitrogens with zero attached hydrogens (tertiary/aromatic N) is 1. The molecule has 0 fully saturated rings. The van der Waals surface area contributed by atoms with Crippen molar-refractivity contribution < 1.29 is 29.4 Å². The highest BCUT2D eigenvalue weighted by molar-refractivity contribution is 5.94. The van der Waals surface area contributed by atoms with Crippen LogP contribution in [0.3, 0.4) is 0 Å². The lowest BCUT2D eigenvalue weighted by Crippen LogP contribution is -2.59. The highest BCUT2D eigenvalue weighted by Gasteiger charge is 2.32. The molecule has 0 saturated heterocycles. The van der Waals surface area contributed by atoms with Gasteiger partial charge in [0.15, 0.2) is 5.96 Å². The zero-order valence-corrected chi connectivity index (χ0v) is 22.3. The molecular weight excluding hydrogens is 494 g/mol. The number of nitrogens with two attached hydrogens (primary N) is 3. The van der Waals surface area contributed by atoms with Crippen LogP contribution in [-0.2, 0) is 25.6 Å². The largest absolute Gasteiger partial charge is 0.508 e. The summed E-state index contributed by atoms with van der Waals surface area (Å²) in [5.74, 6) is -3.69. The van der Waals surface area contributed by atoms with E-state index in [4.69, 9.17) is 17.2 Å². The van der Waals surface area contributed by atoms with Gasteiger partial charge in [-0.1, -0.05) is 39.8 Å². The minimum absolute atomic E-state index is 0.0226. The second-order valence-corrected chi connectivity index (χ2v) is 9.78. The molecule has 0 bridgehead atoms. The molecule has 38 heavy (non-hydrogen) atoms. The summed E-state index contributed by atoms with van der Waals surface area (Å²) in [6.07, 6.45) is 0.362. The number of nitrogens with one attached hydrogen (secondary N) is 3. The maximum atomic E-state index is 13.2. The number of guanidine groups is 1. The van der Waals surface area contributed by atoms with Crippen molar-refractivity contribution in [3.63, 3.8) is 0 Å². The molecule has 0 aromatic heterocycles. The normalized spacial score (nSPS) is 14.2. The molecule has 0 radical (unpaired) electrons.